The summed E-state index contributed by atoms with van der Waals surface area (Å²) < 4.78 is 0. The highest BCUT2D eigenvalue weighted by Crippen LogP contribution is 2.34. The Morgan fingerprint density at radius 3 is 2.62 bits per heavy atom. The van der Waals surface area contributed by atoms with Gasteiger partial charge in [0.1, 0.15) is 0 Å². The number of nitrogens with zero attached hydrogens (tertiary/aromatic N) is 1. The first-order chi connectivity index (χ1) is 7.64. The van der Waals surface area contributed by atoms with Gasteiger partial charge < -0.3 is 10.2 Å². The van der Waals surface area contributed by atoms with Crippen molar-refractivity contribution >= 4 is 5.91 Å². The van der Waals surface area contributed by atoms with Gasteiger partial charge in [-0.2, -0.15) is 0 Å². The fraction of sp³-hybridized carbons (Fsp3) is 0.923. The van der Waals surface area contributed by atoms with Crippen LogP contribution < -0.4 is 5.32 Å². The molecule has 2 aliphatic heterocycles. The maximum atomic E-state index is 12.2. The lowest BCUT2D eigenvalue weighted by atomic mass is 9.78. The molecule has 0 aromatic rings. The van der Waals surface area contributed by atoms with Gasteiger partial charge in [-0.25, -0.2) is 0 Å². The number of nitrogens with one attached hydrogen (secondary N) is 1. The lowest BCUT2D eigenvalue weighted by Gasteiger charge is -2.39. The summed E-state index contributed by atoms with van der Waals surface area (Å²) in [6, 6.07) is 0.117. The molecule has 2 heterocycles. The fourth-order valence-electron chi connectivity index (χ4n) is 2.74. The topological polar surface area (TPSA) is 32.3 Å². The van der Waals surface area contributed by atoms with E-state index in [1.165, 1.54) is 19.3 Å². The van der Waals surface area contributed by atoms with Crippen LogP contribution in [0.5, 0.6) is 0 Å². The van der Waals surface area contributed by atoms with Gasteiger partial charge in [0, 0.05) is 13.1 Å². The van der Waals surface area contributed by atoms with Crippen LogP contribution in [0, 0.1) is 5.41 Å². The van der Waals surface area contributed by atoms with Gasteiger partial charge in [0.25, 0.3) is 0 Å². The number of hydrogen-bond donors (Lipinski definition) is 1. The Hall–Kier alpha value is -0.570. The minimum absolute atomic E-state index is 0.117. The molecule has 0 saturated carbocycles. The van der Waals surface area contributed by atoms with Gasteiger partial charge >= 0.3 is 0 Å². The third-order valence-electron chi connectivity index (χ3n) is 4.49. The molecule has 92 valence electrons. The molecule has 0 bridgehead atoms. The molecule has 0 aliphatic carbocycles. The predicted octanol–water partition coefficient (Wildman–Crippen LogP) is 1.78. The highest BCUT2D eigenvalue weighted by molar-refractivity contribution is 5.82. The number of amides is 1. The van der Waals surface area contributed by atoms with Crippen LogP contribution in [-0.2, 0) is 4.79 Å². The molecule has 0 unspecified atom stereocenters. The van der Waals surface area contributed by atoms with Crippen molar-refractivity contribution in [1.82, 2.24) is 10.2 Å². The molecule has 2 saturated heterocycles. The molecule has 2 aliphatic rings. The highest BCUT2D eigenvalue weighted by Gasteiger charge is 2.33. The van der Waals surface area contributed by atoms with Crippen LogP contribution in [0.2, 0.25) is 0 Å². The fourth-order valence-corrected chi connectivity index (χ4v) is 2.74. The molecule has 2 fully saturated rings. The Labute approximate surface area is 98.6 Å². The molecule has 0 radical (unpaired) electrons. The molecule has 3 heteroatoms. The first-order valence-electron chi connectivity index (χ1n) is 6.67. The van der Waals surface area contributed by atoms with Gasteiger partial charge in [0.15, 0.2) is 0 Å². The second-order valence-corrected chi connectivity index (χ2v) is 5.64. The third-order valence-corrected chi connectivity index (χ3v) is 4.49. The van der Waals surface area contributed by atoms with Crippen molar-refractivity contribution in [3.8, 4) is 0 Å². The third kappa shape index (κ3) is 2.40. The van der Waals surface area contributed by atoms with E-state index in [4.69, 9.17) is 0 Å². The van der Waals surface area contributed by atoms with Crippen molar-refractivity contribution in [2.24, 2.45) is 5.41 Å². The van der Waals surface area contributed by atoms with E-state index in [1.54, 1.807) is 0 Å². The van der Waals surface area contributed by atoms with E-state index in [2.05, 4.69) is 24.1 Å². The van der Waals surface area contributed by atoms with Crippen molar-refractivity contribution in [2.75, 3.05) is 19.6 Å². The highest BCUT2D eigenvalue weighted by atomic mass is 16.2. The molecule has 16 heavy (non-hydrogen) atoms. The Morgan fingerprint density at radius 2 is 2.12 bits per heavy atom. The molecule has 2 rings (SSSR count). The standard InChI is InChI=1S/C13H24N2O/c1-3-13(2)6-9-15(10-7-13)12(16)11-5-4-8-14-11/h11,14H,3-10H2,1-2H3/t11-/m0/s1. The van der Waals surface area contributed by atoms with E-state index >= 15 is 0 Å². The summed E-state index contributed by atoms with van der Waals surface area (Å²) in [5.74, 6) is 0.343. The summed E-state index contributed by atoms with van der Waals surface area (Å²) in [5, 5.41) is 3.30. The molecule has 1 amide bonds. The van der Waals surface area contributed by atoms with Gasteiger partial charge in [0.2, 0.25) is 5.91 Å². The van der Waals surface area contributed by atoms with Crippen molar-refractivity contribution in [2.45, 2.75) is 52.0 Å². The molecular weight excluding hydrogens is 200 g/mol. The summed E-state index contributed by atoms with van der Waals surface area (Å²) >= 11 is 0. The largest absolute Gasteiger partial charge is 0.341 e. The average Bonchev–Trinajstić information content (AvgIpc) is 2.83. The van der Waals surface area contributed by atoms with E-state index < -0.39 is 0 Å². The van der Waals surface area contributed by atoms with Crippen molar-refractivity contribution in [3.63, 3.8) is 0 Å². The lowest BCUT2D eigenvalue weighted by molar-refractivity contribution is -0.135. The first-order valence-corrected chi connectivity index (χ1v) is 6.67. The number of likely N-dealkylation sites (tertiary alicyclic amines) is 1. The van der Waals surface area contributed by atoms with Gasteiger partial charge in [-0.15, -0.1) is 0 Å². The van der Waals surface area contributed by atoms with Crippen LogP contribution in [-0.4, -0.2) is 36.5 Å². The molecule has 0 aromatic carbocycles. The van der Waals surface area contributed by atoms with Crippen LogP contribution in [0.3, 0.4) is 0 Å². The second-order valence-electron chi connectivity index (χ2n) is 5.64. The SMILES string of the molecule is CCC1(C)CCN(C(=O)[C@@H]2CCCN2)CC1. The summed E-state index contributed by atoms with van der Waals surface area (Å²) in [6.45, 7) is 7.54. The van der Waals surface area contributed by atoms with E-state index in [-0.39, 0.29) is 6.04 Å². The van der Waals surface area contributed by atoms with Crippen molar-refractivity contribution in [1.29, 1.82) is 0 Å². The Kier molecular flexibility index (Phi) is 3.53. The van der Waals surface area contributed by atoms with Gasteiger partial charge in [-0.3, -0.25) is 4.79 Å². The van der Waals surface area contributed by atoms with Crippen LogP contribution in [0.4, 0.5) is 0 Å². The molecular formula is C13H24N2O. The first kappa shape index (κ1) is 11.9. The normalized spacial score (nSPS) is 29.4. The van der Waals surface area contributed by atoms with E-state index in [0.717, 1.165) is 32.5 Å². The van der Waals surface area contributed by atoms with Crippen LogP contribution in [0.1, 0.15) is 46.0 Å². The number of piperidine rings is 1. The maximum Gasteiger partial charge on any atom is 0.239 e. The van der Waals surface area contributed by atoms with Gasteiger partial charge in [-0.1, -0.05) is 20.3 Å². The summed E-state index contributed by atoms with van der Waals surface area (Å²) in [4.78, 5) is 14.2. The summed E-state index contributed by atoms with van der Waals surface area (Å²) in [5.41, 5.74) is 0.472. The Morgan fingerprint density at radius 1 is 1.44 bits per heavy atom. The monoisotopic (exact) mass is 224 g/mol. The van der Waals surface area contributed by atoms with E-state index in [1.807, 2.05) is 0 Å². The number of carbonyl (C=O) groups excluding carboxylic acids is 1. The van der Waals surface area contributed by atoms with Crippen LogP contribution in [0.25, 0.3) is 0 Å². The summed E-state index contributed by atoms with van der Waals surface area (Å²) in [7, 11) is 0. The van der Waals surface area contributed by atoms with E-state index in [9.17, 15) is 4.79 Å². The Bertz CT molecular complexity index is 251. The van der Waals surface area contributed by atoms with Gasteiger partial charge in [-0.05, 0) is 37.6 Å². The Balaban J connectivity index is 1.86. The molecule has 0 spiro atoms. The summed E-state index contributed by atoms with van der Waals surface area (Å²) in [6.07, 6.45) is 5.75. The predicted molar refractivity (Wildman–Crippen MR) is 65.2 cm³/mol. The molecule has 3 nitrogen and oxygen atoms in total. The number of carbonyl (C=O) groups is 1. The minimum Gasteiger partial charge on any atom is -0.341 e. The van der Waals surface area contributed by atoms with Crippen molar-refractivity contribution < 1.29 is 4.79 Å². The second kappa shape index (κ2) is 4.74. The quantitative estimate of drug-likeness (QED) is 0.775. The minimum atomic E-state index is 0.117. The lowest BCUT2D eigenvalue weighted by Crippen LogP contribution is -2.48. The van der Waals surface area contributed by atoms with Gasteiger partial charge in [0.05, 0.1) is 6.04 Å². The number of hydrogen-bond acceptors (Lipinski definition) is 2. The van der Waals surface area contributed by atoms with Crippen LogP contribution >= 0.6 is 0 Å². The zero-order chi connectivity index (χ0) is 11.6. The molecule has 1 N–H and O–H groups in total. The molecule has 0 aromatic heterocycles. The number of rotatable bonds is 2. The maximum absolute atomic E-state index is 12.2. The smallest absolute Gasteiger partial charge is 0.239 e. The zero-order valence-corrected chi connectivity index (χ0v) is 10.6. The average molecular weight is 224 g/mol. The van der Waals surface area contributed by atoms with Crippen molar-refractivity contribution in [3.05, 3.63) is 0 Å². The zero-order valence-electron chi connectivity index (χ0n) is 10.6. The van der Waals surface area contributed by atoms with E-state index in [0.29, 0.717) is 11.3 Å². The molecule has 1 atom stereocenters. The van der Waals surface area contributed by atoms with Crippen LogP contribution in [0.15, 0.2) is 0 Å².